The van der Waals surface area contributed by atoms with Crippen LogP contribution in [-0.4, -0.2) is 35.3 Å². The van der Waals surface area contributed by atoms with Crippen molar-refractivity contribution >= 4 is 29.8 Å². The monoisotopic (exact) mass is 360 g/mol. The van der Waals surface area contributed by atoms with Crippen LogP contribution >= 0.6 is 23.6 Å². The molecule has 0 aliphatic rings. The van der Waals surface area contributed by atoms with Gasteiger partial charge in [0.2, 0.25) is 4.77 Å². The molecule has 124 valence electrons. The minimum atomic E-state index is 0.444. The number of para-hydroxylation sites is 1. The van der Waals surface area contributed by atoms with Crippen molar-refractivity contribution in [1.82, 2.24) is 14.9 Å². The summed E-state index contributed by atoms with van der Waals surface area (Å²) >= 11 is 6.94. The summed E-state index contributed by atoms with van der Waals surface area (Å²) in [5, 5.41) is 13.5. The third-order valence-corrected chi connectivity index (χ3v) is 4.52. The second kappa shape index (κ2) is 7.41. The maximum atomic E-state index is 5.41. The topological polar surface area (TPSA) is 64.4 Å². The number of hydrogen-bond acceptors (Lipinski definition) is 6. The van der Waals surface area contributed by atoms with E-state index in [1.54, 1.807) is 36.4 Å². The average Bonchev–Trinajstić information content (AvgIpc) is 3.23. The molecule has 0 saturated carbocycles. The number of rotatable bonds is 6. The average molecular weight is 360 g/mol. The molecule has 2 aromatic heterocycles. The molecule has 24 heavy (non-hydrogen) atoms. The Balaban J connectivity index is 1.93. The normalized spacial score (nSPS) is 11.1. The van der Waals surface area contributed by atoms with Gasteiger partial charge in [-0.3, -0.25) is 5.10 Å². The minimum absolute atomic E-state index is 0.444. The Kier molecular flexibility index (Phi) is 5.07. The molecule has 6 nitrogen and oxygen atoms in total. The largest absolute Gasteiger partial charge is 0.493 e. The highest BCUT2D eigenvalue weighted by Gasteiger charge is 2.09. The Bertz CT molecular complexity index is 897. The lowest BCUT2D eigenvalue weighted by Crippen LogP contribution is -2.00. The summed E-state index contributed by atoms with van der Waals surface area (Å²) in [4.78, 5) is 1.19. The summed E-state index contributed by atoms with van der Waals surface area (Å²) in [7, 11) is 3.20. The van der Waals surface area contributed by atoms with E-state index in [4.69, 9.17) is 21.7 Å². The summed E-state index contributed by atoms with van der Waals surface area (Å²) in [6, 6.07) is 9.68. The molecule has 0 fully saturated rings. The number of H-pyrrole nitrogens is 1. The minimum Gasteiger partial charge on any atom is -0.493 e. The molecule has 0 spiro atoms. The molecule has 3 aromatic rings. The van der Waals surface area contributed by atoms with Gasteiger partial charge in [-0.25, -0.2) is 0 Å². The highest BCUT2D eigenvalue weighted by molar-refractivity contribution is 7.71. The molecule has 0 bridgehead atoms. The Morgan fingerprint density at radius 3 is 2.88 bits per heavy atom. The Hall–Kier alpha value is -2.45. The maximum Gasteiger partial charge on any atom is 0.216 e. The van der Waals surface area contributed by atoms with Gasteiger partial charge in [-0.05, 0) is 35.8 Å². The quantitative estimate of drug-likeness (QED) is 0.540. The number of benzene rings is 1. The van der Waals surface area contributed by atoms with E-state index in [1.807, 2.05) is 29.6 Å². The molecule has 0 amide bonds. The highest BCUT2D eigenvalue weighted by atomic mass is 32.1. The Labute approximate surface area is 148 Å². The van der Waals surface area contributed by atoms with Crippen LogP contribution in [0.15, 0.2) is 40.8 Å². The lowest BCUT2D eigenvalue weighted by atomic mass is 10.2. The number of aromatic amines is 1. The van der Waals surface area contributed by atoms with Gasteiger partial charge in [0.1, 0.15) is 0 Å². The smallest absolute Gasteiger partial charge is 0.216 e. The first kappa shape index (κ1) is 16.4. The molecule has 0 saturated heterocycles. The van der Waals surface area contributed by atoms with E-state index in [0.717, 1.165) is 11.4 Å². The fourth-order valence-electron chi connectivity index (χ4n) is 2.26. The highest BCUT2D eigenvalue weighted by Crippen LogP contribution is 2.29. The zero-order valence-electron chi connectivity index (χ0n) is 13.2. The van der Waals surface area contributed by atoms with Crippen LogP contribution in [0.1, 0.15) is 16.3 Å². The second-order valence-electron chi connectivity index (χ2n) is 4.84. The first-order chi connectivity index (χ1) is 11.7. The van der Waals surface area contributed by atoms with E-state index < -0.39 is 0 Å². The van der Waals surface area contributed by atoms with Crippen LogP contribution < -0.4 is 9.47 Å². The van der Waals surface area contributed by atoms with Gasteiger partial charge in [-0.2, -0.15) is 14.9 Å². The molecular weight excluding hydrogens is 344 g/mol. The van der Waals surface area contributed by atoms with Gasteiger partial charge in [0.25, 0.3) is 0 Å². The SMILES string of the molecule is COc1cccc(/C=N\n2c(Cc3cccs3)n[nH]c2=S)c1OC. The van der Waals surface area contributed by atoms with Crippen molar-refractivity contribution in [2.45, 2.75) is 6.42 Å². The molecule has 0 aliphatic carbocycles. The molecular formula is C16H16N4O2S2. The molecule has 0 unspecified atom stereocenters. The van der Waals surface area contributed by atoms with Crippen LogP contribution in [0, 0.1) is 4.77 Å². The number of aromatic nitrogens is 3. The first-order valence-electron chi connectivity index (χ1n) is 7.17. The zero-order valence-corrected chi connectivity index (χ0v) is 14.9. The summed E-state index contributed by atoms with van der Waals surface area (Å²) in [6.45, 7) is 0. The lowest BCUT2D eigenvalue weighted by Gasteiger charge is -2.09. The number of hydrogen-bond donors (Lipinski definition) is 1. The van der Waals surface area contributed by atoms with Crippen molar-refractivity contribution in [2.24, 2.45) is 5.10 Å². The third kappa shape index (κ3) is 3.39. The summed E-state index contributed by atoms with van der Waals surface area (Å²) < 4.78 is 12.8. The van der Waals surface area contributed by atoms with Crippen molar-refractivity contribution in [3.05, 3.63) is 56.7 Å². The molecule has 0 aliphatic heterocycles. The van der Waals surface area contributed by atoms with Crippen LogP contribution in [-0.2, 0) is 6.42 Å². The van der Waals surface area contributed by atoms with Crippen molar-refractivity contribution in [1.29, 1.82) is 0 Å². The number of thiophene rings is 1. The van der Waals surface area contributed by atoms with Crippen LogP contribution in [0.4, 0.5) is 0 Å². The van der Waals surface area contributed by atoms with Gasteiger partial charge in [0, 0.05) is 16.9 Å². The maximum absolute atomic E-state index is 5.41. The Morgan fingerprint density at radius 1 is 1.29 bits per heavy atom. The summed E-state index contributed by atoms with van der Waals surface area (Å²) in [6.07, 6.45) is 2.35. The predicted octanol–water partition coefficient (Wildman–Crippen LogP) is 3.49. The second-order valence-corrected chi connectivity index (χ2v) is 6.26. The van der Waals surface area contributed by atoms with E-state index in [9.17, 15) is 0 Å². The van der Waals surface area contributed by atoms with E-state index in [2.05, 4.69) is 21.4 Å². The van der Waals surface area contributed by atoms with E-state index >= 15 is 0 Å². The van der Waals surface area contributed by atoms with E-state index in [0.29, 0.717) is 22.7 Å². The summed E-state index contributed by atoms with van der Waals surface area (Å²) in [5.74, 6) is 2.02. The van der Waals surface area contributed by atoms with Gasteiger partial charge in [-0.1, -0.05) is 12.1 Å². The van der Waals surface area contributed by atoms with Gasteiger partial charge in [-0.15, -0.1) is 11.3 Å². The van der Waals surface area contributed by atoms with Crippen molar-refractivity contribution < 1.29 is 9.47 Å². The fraction of sp³-hybridized carbons (Fsp3) is 0.188. The standard InChI is InChI=1S/C16H16N4O2S2/c1-21-13-7-3-5-11(15(13)22-2)10-17-20-14(18-19-16(20)23)9-12-6-4-8-24-12/h3-8,10H,9H2,1-2H3,(H,19,23)/b17-10-. The molecule has 1 N–H and O–H groups in total. The predicted molar refractivity (Wildman–Crippen MR) is 97.1 cm³/mol. The summed E-state index contributed by atoms with van der Waals surface area (Å²) in [5.41, 5.74) is 0.794. The third-order valence-electron chi connectivity index (χ3n) is 3.38. The van der Waals surface area contributed by atoms with Gasteiger partial charge in [0.15, 0.2) is 17.3 Å². The molecule has 0 radical (unpaired) electrons. The van der Waals surface area contributed by atoms with Crippen molar-refractivity contribution in [2.75, 3.05) is 14.2 Å². The number of nitrogens with zero attached hydrogens (tertiary/aromatic N) is 3. The van der Waals surface area contributed by atoms with Crippen LogP contribution in [0.25, 0.3) is 0 Å². The van der Waals surface area contributed by atoms with Gasteiger partial charge >= 0.3 is 0 Å². The van der Waals surface area contributed by atoms with E-state index in [-0.39, 0.29) is 0 Å². The molecule has 3 rings (SSSR count). The Morgan fingerprint density at radius 2 is 2.17 bits per heavy atom. The molecule has 0 atom stereocenters. The van der Waals surface area contributed by atoms with Crippen molar-refractivity contribution in [3.63, 3.8) is 0 Å². The number of nitrogens with one attached hydrogen (secondary N) is 1. The lowest BCUT2D eigenvalue weighted by molar-refractivity contribution is 0.354. The number of methoxy groups -OCH3 is 2. The van der Waals surface area contributed by atoms with Crippen LogP contribution in [0.2, 0.25) is 0 Å². The van der Waals surface area contributed by atoms with Crippen LogP contribution in [0.5, 0.6) is 11.5 Å². The van der Waals surface area contributed by atoms with Gasteiger partial charge in [0.05, 0.1) is 20.4 Å². The first-order valence-corrected chi connectivity index (χ1v) is 8.45. The van der Waals surface area contributed by atoms with Crippen LogP contribution in [0.3, 0.4) is 0 Å². The molecule has 2 heterocycles. The zero-order chi connectivity index (χ0) is 16.9. The van der Waals surface area contributed by atoms with Gasteiger partial charge < -0.3 is 9.47 Å². The molecule has 8 heteroatoms. The van der Waals surface area contributed by atoms with Crippen molar-refractivity contribution in [3.8, 4) is 11.5 Å². The fourth-order valence-corrected chi connectivity index (χ4v) is 3.16. The van der Waals surface area contributed by atoms with E-state index in [1.165, 1.54) is 4.88 Å². The molecule has 1 aromatic carbocycles. The number of ether oxygens (including phenoxy) is 2.